The first-order valence-corrected chi connectivity index (χ1v) is 7.29. The van der Waals surface area contributed by atoms with Crippen LogP contribution in [0.3, 0.4) is 0 Å². The van der Waals surface area contributed by atoms with Gasteiger partial charge in [0.2, 0.25) is 5.91 Å². The summed E-state index contributed by atoms with van der Waals surface area (Å²) in [7, 11) is 2.84. The first-order chi connectivity index (χ1) is 10.7. The van der Waals surface area contributed by atoms with Crippen LogP contribution in [0.2, 0.25) is 0 Å². The minimum absolute atomic E-state index is 0.215. The molecule has 0 spiro atoms. The van der Waals surface area contributed by atoms with E-state index in [1.54, 1.807) is 11.4 Å². The zero-order chi connectivity index (χ0) is 17.6. The van der Waals surface area contributed by atoms with Gasteiger partial charge in [-0.25, -0.2) is 0 Å². The smallest absolute Gasteiger partial charge is 0.405 e. The average Bonchev–Trinajstić information content (AvgIpc) is 2.49. The van der Waals surface area contributed by atoms with Gasteiger partial charge >= 0.3 is 6.18 Å². The SMILES string of the molecule is COc1cc(I)c(C(=O)NCC(=O)NCC(F)(F)F)cc1OC. The molecule has 2 amide bonds. The first kappa shape index (κ1) is 19.3. The second-order valence-electron chi connectivity index (χ2n) is 4.26. The third-order valence-corrected chi connectivity index (χ3v) is 3.51. The van der Waals surface area contributed by atoms with Gasteiger partial charge in [0.1, 0.15) is 6.54 Å². The van der Waals surface area contributed by atoms with Crippen molar-refractivity contribution in [3.63, 3.8) is 0 Å². The maximum atomic E-state index is 12.0. The Morgan fingerprint density at radius 3 is 2.22 bits per heavy atom. The van der Waals surface area contributed by atoms with Crippen molar-refractivity contribution in [1.29, 1.82) is 0 Å². The zero-order valence-corrected chi connectivity index (χ0v) is 14.4. The molecular formula is C13H14F3IN2O4. The molecule has 6 nitrogen and oxygen atoms in total. The van der Waals surface area contributed by atoms with Crippen LogP contribution in [0.4, 0.5) is 13.2 Å². The molecule has 0 saturated carbocycles. The molecule has 0 saturated heterocycles. The number of ether oxygens (including phenoxy) is 2. The van der Waals surface area contributed by atoms with E-state index in [0.29, 0.717) is 15.1 Å². The number of benzene rings is 1. The summed E-state index contributed by atoms with van der Waals surface area (Å²) in [6, 6.07) is 2.99. The van der Waals surface area contributed by atoms with E-state index in [2.05, 4.69) is 5.32 Å². The van der Waals surface area contributed by atoms with E-state index in [0.717, 1.165) is 0 Å². The Morgan fingerprint density at radius 1 is 1.13 bits per heavy atom. The fraction of sp³-hybridized carbons (Fsp3) is 0.385. The lowest BCUT2D eigenvalue weighted by molar-refractivity contribution is -0.137. The van der Waals surface area contributed by atoms with Gasteiger partial charge in [-0.05, 0) is 34.7 Å². The topological polar surface area (TPSA) is 76.7 Å². The third kappa shape index (κ3) is 6.12. The van der Waals surface area contributed by atoms with E-state index >= 15 is 0 Å². The molecule has 0 bridgehead atoms. The minimum Gasteiger partial charge on any atom is -0.493 e. The summed E-state index contributed by atoms with van der Waals surface area (Å²) in [6.07, 6.45) is -4.50. The summed E-state index contributed by atoms with van der Waals surface area (Å²) < 4.78 is 46.6. The van der Waals surface area contributed by atoms with E-state index in [1.165, 1.54) is 20.3 Å². The number of nitrogens with one attached hydrogen (secondary N) is 2. The van der Waals surface area contributed by atoms with Crippen LogP contribution in [0.5, 0.6) is 11.5 Å². The molecule has 0 atom stereocenters. The highest BCUT2D eigenvalue weighted by Gasteiger charge is 2.27. The molecule has 0 aliphatic carbocycles. The number of alkyl halides is 3. The first-order valence-electron chi connectivity index (χ1n) is 6.21. The molecule has 0 aliphatic heterocycles. The molecule has 23 heavy (non-hydrogen) atoms. The lowest BCUT2D eigenvalue weighted by atomic mass is 10.2. The van der Waals surface area contributed by atoms with E-state index in [9.17, 15) is 22.8 Å². The largest absolute Gasteiger partial charge is 0.493 e. The molecule has 128 valence electrons. The van der Waals surface area contributed by atoms with Crippen molar-refractivity contribution in [3.05, 3.63) is 21.3 Å². The summed E-state index contributed by atoms with van der Waals surface area (Å²) in [5.74, 6) is -0.806. The number of amides is 2. The van der Waals surface area contributed by atoms with E-state index in [-0.39, 0.29) is 5.56 Å². The van der Waals surface area contributed by atoms with Crippen LogP contribution in [-0.4, -0.2) is 45.3 Å². The summed E-state index contributed by atoms with van der Waals surface area (Å²) in [5.41, 5.74) is 0.215. The fourth-order valence-electron chi connectivity index (χ4n) is 1.55. The predicted octanol–water partition coefficient (Wildman–Crippen LogP) is 1.72. The molecular weight excluding hydrogens is 432 g/mol. The highest BCUT2D eigenvalue weighted by Crippen LogP contribution is 2.31. The van der Waals surface area contributed by atoms with Crippen molar-refractivity contribution < 1.29 is 32.2 Å². The van der Waals surface area contributed by atoms with Crippen LogP contribution >= 0.6 is 22.6 Å². The van der Waals surface area contributed by atoms with Gasteiger partial charge in [0.05, 0.1) is 26.3 Å². The van der Waals surface area contributed by atoms with Crippen LogP contribution in [0.25, 0.3) is 0 Å². The average molecular weight is 446 g/mol. The number of halogens is 4. The summed E-state index contributed by atoms with van der Waals surface area (Å²) >= 11 is 1.90. The van der Waals surface area contributed by atoms with Crippen molar-refractivity contribution >= 4 is 34.4 Å². The quantitative estimate of drug-likeness (QED) is 0.653. The highest BCUT2D eigenvalue weighted by atomic mass is 127. The molecule has 0 radical (unpaired) electrons. The predicted molar refractivity (Wildman–Crippen MR) is 83.7 cm³/mol. The van der Waals surface area contributed by atoms with Gasteiger partial charge in [0.15, 0.2) is 11.5 Å². The molecule has 2 N–H and O–H groups in total. The van der Waals surface area contributed by atoms with Crippen LogP contribution in [0.15, 0.2) is 12.1 Å². The Kier molecular flexibility index (Phi) is 6.91. The number of carbonyl (C=O) groups is 2. The lowest BCUT2D eigenvalue weighted by Gasteiger charge is -2.12. The van der Waals surface area contributed by atoms with Crippen molar-refractivity contribution in [2.24, 2.45) is 0 Å². The maximum absolute atomic E-state index is 12.0. The normalized spacial score (nSPS) is 10.9. The third-order valence-electron chi connectivity index (χ3n) is 2.61. The van der Waals surface area contributed by atoms with Gasteiger partial charge in [0.25, 0.3) is 5.91 Å². The summed E-state index contributed by atoms with van der Waals surface area (Å²) in [4.78, 5) is 23.3. The van der Waals surface area contributed by atoms with E-state index in [1.807, 2.05) is 22.6 Å². The van der Waals surface area contributed by atoms with Gasteiger partial charge in [-0.15, -0.1) is 0 Å². The number of hydrogen-bond donors (Lipinski definition) is 2. The molecule has 0 aliphatic rings. The van der Waals surface area contributed by atoms with Crippen LogP contribution in [0, 0.1) is 3.57 Å². The summed E-state index contributed by atoms with van der Waals surface area (Å²) in [5, 5.41) is 3.90. The Morgan fingerprint density at radius 2 is 1.70 bits per heavy atom. The minimum atomic E-state index is -4.50. The lowest BCUT2D eigenvalue weighted by Crippen LogP contribution is -2.41. The van der Waals surface area contributed by atoms with Gasteiger partial charge < -0.3 is 20.1 Å². The molecule has 1 aromatic carbocycles. The Hall–Kier alpha value is -1.72. The Labute approximate surface area is 143 Å². The second-order valence-corrected chi connectivity index (χ2v) is 5.42. The Bertz CT molecular complexity index is 593. The van der Waals surface area contributed by atoms with E-state index in [4.69, 9.17) is 9.47 Å². The van der Waals surface area contributed by atoms with Gasteiger partial charge in [-0.2, -0.15) is 13.2 Å². The van der Waals surface area contributed by atoms with Crippen molar-refractivity contribution in [3.8, 4) is 11.5 Å². The fourth-order valence-corrected chi connectivity index (χ4v) is 2.23. The van der Waals surface area contributed by atoms with Crippen molar-refractivity contribution in [2.75, 3.05) is 27.3 Å². The number of methoxy groups -OCH3 is 2. The molecule has 0 aromatic heterocycles. The highest BCUT2D eigenvalue weighted by molar-refractivity contribution is 14.1. The standard InChI is InChI=1S/C13H14F3IN2O4/c1-22-9-3-7(8(17)4-10(9)23-2)12(21)18-5-11(20)19-6-13(14,15)16/h3-4H,5-6H2,1-2H3,(H,18,21)(H,19,20). The van der Waals surface area contributed by atoms with E-state index < -0.39 is 31.1 Å². The van der Waals surface area contributed by atoms with Crippen LogP contribution in [-0.2, 0) is 4.79 Å². The van der Waals surface area contributed by atoms with Gasteiger partial charge in [-0.3, -0.25) is 9.59 Å². The molecule has 0 unspecified atom stereocenters. The van der Waals surface area contributed by atoms with Gasteiger partial charge in [0, 0.05) is 3.57 Å². The Balaban J connectivity index is 2.70. The summed E-state index contributed by atoms with van der Waals surface area (Å²) in [6.45, 7) is -2.02. The molecule has 10 heteroatoms. The van der Waals surface area contributed by atoms with Crippen LogP contribution < -0.4 is 20.1 Å². The van der Waals surface area contributed by atoms with Crippen LogP contribution in [0.1, 0.15) is 10.4 Å². The maximum Gasteiger partial charge on any atom is 0.405 e. The second kappa shape index (κ2) is 8.22. The van der Waals surface area contributed by atoms with Gasteiger partial charge in [-0.1, -0.05) is 0 Å². The number of carbonyl (C=O) groups excluding carboxylic acids is 2. The monoisotopic (exact) mass is 446 g/mol. The number of hydrogen-bond acceptors (Lipinski definition) is 4. The number of rotatable bonds is 6. The van der Waals surface area contributed by atoms with Crippen molar-refractivity contribution in [1.82, 2.24) is 10.6 Å². The molecule has 1 aromatic rings. The zero-order valence-electron chi connectivity index (χ0n) is 12.2. The molecule has 0 heterocycles. The van der Waals surface area contributed by atoms with Crippen molar-refractivity contribution in [2.45, 2.75) is 6.18 Å². The molecule has 1 rings (SSSR count). The molecule has 0 fully saturated rings.